The molecule has 1 saturated heterocycles. The summed E-state index contributed by atoms with van der Waals surface area (Å²) in [5.41, 5.74) is 1.35. The Hall–Kier alpha value is -0.570. The van der Waals surface area contributed by atoms with Crippen LogP contribution in [-0.4, -0.2) is 31.1 Å². The topological polar surface area (TPSA) is 15.3 Å². The van der Waals surface area contributed by atoms with Crippen LogP contribution in [0.1, 0.15) is 38.3 Å². The quantitative estimate of drug-likeness (QED) is 0.854. The second-order valence-electron chi connectivity index (χ2n) is 5.64. The number of hydrogen-bond acceptors (Lipinski definition) is 2. The fraction of sp³-hybridized carbons (Fsp3) is 0.625. The van der Waals surface area contributed by atoms with Gasteiger partial charge in [0, 0.05) is 17.6 Å². The Kier molecular flexibility index (Phi) is 5.68. The highest BCUT2D eigenvalue weighted by atomic mass is 35.5. The molecule has 0 aliphatic carbocycles. The third kappa shape index (κ3) is 4.48. The maximum absolute atomic E-state index is 5.96. The predicted octanol–water partition coefficient (Wildman–Crippen LogP) is 3.72. The number of hydrogen-bond donors (Lipinski definition) is 1. The SMILES string of the molecule is CCNC(CCN1CCC(C)C1)c1ccc(Cl)cc1. The van der Waals surface area contributed by atoms with E-state index in [4.69, 9.17) is 11.6 Å². The minimum absolute atomic E-state index is 0.443. The summed E-state index contributed by atoms with van der Waals surface area (Å²) in [6, 6.07) is 8.70. The van der Waals surface area contributed by atoms with Crippen LogP contribution in [0.2, 0.25) is 5.02 Å². The molecule has 0 amide bonds. The van der Waals surface area contributed by atoms with Crippen molar-refractivity contribution in [1.29, 1.82) is 0 Å². The first-order valence-corrected chi connectivity index (χ1v) is 7.78. The van der Waals surface area contributed by atoms with E-state index in [0.717, 1.165) is 17.5 Å². The second-order valence-corrected chi connectivity index (χ2v) is 6.08. The third-order valence-electron chi connectivity index (χ3n) is 3.96. The van der Waals surface area contributed by atoms with Gasteiger partial charge in [0.2, 0.25) is 0 Å². The van der Waals surface area contributed by atoms with Crippen molar-refractivity contribution in [1.82, 2.24) is 10.2 Å². The summed E-state index contributed by atoms with van der Waals surface area (Å²) in [7, 11) is 0. The van der Waals surface area contributed by atoms with Crippen LogP contribution in [0.3, 0.4) is 0 Å². The Morgan fingerprint density at radius 2 is 2.11 bits per heavy atom. The van der Waals surface area contributed by atoms with Gasteiger partial charge in [-0.15, -0.1) is 0 Å². The molecule has 106 valence electrons. The molecule has 0 spiro atoms. The van der Waals surface area contributed by atoms with E-state index in [9.17, 15) is 0 Å². The normalized spacial score (nSPS) is 21.7. The Balaban J connectivity index is 1.90. The highest BCUT2D eigenvalue weighted by Gasteiger charge is 2.19. The molecule has 1 heterocycles. The molecule has 1 aromatic carbocycles. The molecule has 1 aliphatic heterocycles. The van der Waals surface area contributed by atoms with Crippen molar-refractivity contribution in [3.8, 4) is 0 Å². The number of nitrogens with one attached hydrogen (secondary N) is 1. The molecule has 0 bridgehead atoms. The zero-order chi connectivity index (χ0) is 13.7. The summed E-state index contributed by atoms with van der Waals surface area (Å²) in [6.07, 6.45) is 2.52. The van der Waals surface area contributed by atoms with Gasteiger partial charge in [-0.3, -0.25) is 0 Å². The van der Waals surface area contributed by atoms with Gasteiger partial charge in [-0.2, -0.15) is 0 Å². The van der Waals surface area contributed by atoms with Crippen LogP contribution in [0.15, 0.2) is 24.3 Å². The van der Waals surface area contributed by atoms with Crippen LogP contribution in [0.4, 0.5) is 0 Å². The lowest BCUT2D eigenvalue weighted by Gasteiger charge is -2.22. The Morgan fingerprint density at radius 3 is 2.68 bits per heavy atom. The average Bonchev–Trinajstić information content (AvgIpc) is 2.81. The lowest BCUT2D eigenvalue weighted by atomic mass is 10.0. The van der Waals surface area contributed by atoms with E-state index >= 15 is 0 Å². The van der Waals surface area contributed by atoms with Crippen LogP contribution in [-0.2, 0) is 0 Å². The van der Waals surface area contributed by atoms with Gasteiger partial charge in [0.05, 0.1) is 0 Å². The molecule has 19 heavy (non-hydrogen) atoms. The summed E-state index contributed by atoms with van der Waals surface area (Å²) in [5.74, 6) is 0.869. The first kappa shape index (κ1) is 14.8. The highest BCUT2D eigenvalue weighted by molar-refractivity contribution is 6.30. The molecule has 2 nitrogen and oxygen atoms in total. The monoisotopic (exact) mass is 280 g/mol. The van der Waals surface area contributed by atoms with E-state index in [1.165, 1.54) is 38.0 Å². The lowest BCUT2D eigenvalue weighted by molar-refractivity contribution is 0.302. The summed E-state index contributed by atoms with van der Waals surface area (Å²) in [4.78, 5) is 2.59. The van der Waals surface area contributed by atoms with Gasteiger partial charge in [-0.25, -0.2) is 0 Å². The zero-order valence-electron chi connectivity index (χ0n) is 12.0. The summed E-state index contributed by atoms with van der Waals surface area (Å²) >= 11 is 5.96. The summed E-state index contributed by atoms with van der Waals surface area (Å²) in [6.45, 7) is 9.23. The fourth-order valence-electron chi connectivity index (χ4n) is 2.87. The number of halogens is 1. The molecule has 3 heteroatoms. The van der Waals surface area contributed by atoms with Crippen LogP contribution >= 0.6 is 11.6 Å². The van der Waals surface area contributed by atoms with E-state index in [-0.39, 0.29) is 0 Å². The zero-order valence-corrected chi connectivity index (χ0v) is 12.8. The smallest absolute Gasteiger partial charge is 0.0406 e. The number of likely N-dealkylation sites (tertiary alicyclic amines) is 1. The highest BCUT2D eigenvalue weighted by Crippen LogP contribution is 2.22. The van der Waals surface area contributed by atoms with Gasteiger partial charge in [-0.1, -0.05) is 37.6 Å². The van der Waals surface area contributed by atoms with Gasteiger partial charge >= 0.3 is 0 Å². The van der Waals surface area contributed by atoms with Gasteiger partial charge < -0.3 is 10.2 Å². The van der Waals surface area contributed by atoms with Crippen LogP contribution < -0.4 is 5.32 Å². The van der Waals surface area contributed by atoms with E-state index in [1.807, 2.05) is 12.1 Å². The molecular formula is C16H25ClN2. The van der Waals surface area contributed by atoms with Crippen molar-refractivity contribution in [2.45, 2.75) is 32.7 Å². The molecule has 0 radical (unpaired) electrons. The average molecular weight is 281 g/mol. The molecule has 0 saturated carbocycles. The third-order valence-corrected chi connectivity index (χ3v) is 4.22. The number of rotatable bonds is 6. The van der Waals surface area contributed by atoms with E-state index in [1.54, 1.807) is 0 Å². The standard InChI is InChI=1S/C16H25ClN2/c1-3-18-16(14-4-6-15(17)7-5-14)9-11-19-10-8-13(2)12-19/h4-7,13,16,18H,3,8-12H2,1-2H3. The Labute approximate surface area is 122 Å². The Bertz CT molecular complexity index is 377. The van der Waals surface area contributed by atoms with Crippen LogP contribution in [0.5, 0.6) is 0 Å². The maximum Gasteiger partial charge on any atom is 0.0406 e. The number of benzene rings is 1. The van der Waals surface area contributed by atoms with Crippen molar-refractivity contribution in [3.63, 3.8) is 0 Å². The number of nitrogens with zero attached hydrogens (tertiary/aromatic N) is 1. The molecule has 2 rings (SSSR count). The lowest BCUT2D eigenvalue weighted by Crippen LogP contribution is -2.28. The summed E-state index contributed by atoms with van der Waals surface area (Å²) in [5, 5.41) is 4.40. The molecular weight excluding hydrogens is 256 g/mol. The first-order chi connectivity index (χ1) is 9.19. The second kappa shape index (κ2) is 7.28. The molecule has 1 aromatic rings. The van der Waals surface area contributed by atoms with Gasteiger partial charge in [0.25, 0.3) is 0 Å². The molecule has 2 atom stereocenters. The van der Waals surface area contributed by atoms with E-state index in [0.29, 0.717) is 6.04 Å². The maximum atomic E-state index is 5.96. The first-order valence-electron chi connectivity index (χ1n) is 7.40. The van der Waals surface area contributed by atoms with E-state index in [2.05, 4.69) is 36.2 Å². The fourth-order valence-corrected chi connectivity index (χ4v) is 3.00. The minimum atomic E-state index is 0.443. The minimum Gasteiger partial charge on any atom is -0.310 e. The van der Waals surface area contributed by atoms with Crippen LogP contribution in [0, 0.1) is 5.92 Å². The van der Waals surface area contributed by atoms with Crippen LogP contribution in [0.25, 0.3) is 0 Å². The van der Waals surface area contributed by atoms with Gasteiger partial charge in [0.15, 0.2) is 0 Å². The largest absolute Gasteiger partial charge is 0.310 e. The summed E-state index contributed by atoms with van der Waals surface area (Å²) < 4.78 is 0. The van der Waals surface area contributed by atoms with Crippen molar-refractivity contribution < 1.29 is 0 Å². The molecule has 2 unspecified atom stereocenters. The van der Waals surface area contributed by atoms with Crippen molar-refractivity contribution in [3.05, 3.63) is 34.9 Å². The predicted molar refractivity (Wildman–Crippen MR) is 82.7 cm³/mol. The molecule has 0 aromatic heterocycles. The molecule has 1 N–H and O–H groups in total. The van der Waals surface area contributed by atoms with Crippen molar-refractivity contribution in [2.24, 2.45) is 5.92 Å². The van der Waals surface area contributed by atoms with Gasteiger partial charge in [0.1, 0.15) is 0 Å². The van der Waals surface area contributed by atoms with E-state index < -0.39 is 0 Å². The molecule has 1 fully saturated rings. The molecule has 1 aliphatic rings. The Morgan fingerprint density at radius 1 is 1.37 bits per heavy atom. The van der Waals surface area contributed by atoms with Gasteiger partial charge in [-0.05, 0) is 56.1 Å². The van der Waals surface area contributed by atoms with Crippen molar-refractivity contribution >= 4 is 11.6 Å². The van der Waals surface area contributed by atoms with Crippen molar-refractivity contribution in [2.75, 3.05) is 26.2 Å².